The Morgan fingerprint density at radius 1 is 0.967 bits per heavy atom. The van der Waals surface area contributed by atoms with E-state index in [1.165, 1.54) is 16.7 Å². The van der Waals surface area contributed by atoms with Gasteiger partial charge in [-0.2, -0.15) is 0 Å². The zero-order valence-corrected chi connectivity index (χ0v) is 17.3. The summed E-state index contributed by atoms with van der Waals surface area (Å²) in [5.41, 5.74) is 1.08. The van der Waals surface area contributed by atoms with Crippen molar-refractivity contribution < 1.29 is 19.4 Å². The van der Waals surface area contributed by atoms with Crippen molar-refractivity contribution in [3.05, 3.63) is 95.0 Å². The summed E-state index contributed by atoms with van der Waals surface area (Å²) < 4.78 is 5.90. The fraction of sp³-hybridized carbons (Fsp3) is 0.130. The summed E-state index contributed by atoms with van der Waals surface area (Å²) in [6.07, 6.45) is 0. The van der Waals surface area contributed by atoms with Gasteiger partial charge in [0, 0.05) is 5.75 Å². The first kappa shape index (κ1) is 20.3. The van der Waals surface area contributed by atoms with Gasteiger partial charge in [0.2, 0.25) is 0 Å². The minimum Gasteiger partial charge on any atom is -0.480 e. The van der Waals surface area contributed by atoms with E-state index in [9.17, 15) is 14.7 Å². The third-order valence-electron chi connectivity index (χ3n) is 4.75. The van der Waals surface area contributed by atoms with Crippen LogP contribution in [0.5, 0.6) is 11.5 Å². The molecule has 0 saturated carbocycles. The molecule has 1 aliphatic heterocycles. The van der Waals surface area contributed by atoms with E-state index in [2.05, 4.69) is 0 Å². The summed E-state index contributed by atoms with van der Waals surface area (Å²) in [5, 5.41) is 9.53. The number of aliphatic carboxylic acids is 1. The van der Waals surface area contributed by atoms with Crippen LogP contribution in [-0.2, 0) is 4.79 Å². The Bertz CT molecular complexity index is 1080. The molecule has 3 aromatic rings. The van der Waals surface area contributed by atoms with Gasteiger partial charge in [-0.25, -0.2) is 4.79 Å². The average molecular weight is 440 g/mol. The average Bonchev–Trinajstić information content (AvgIpc) is 3.20. The topological polar surface area (TPSA) is 66.8 Å². The van der Waals surface area contributed by atoms with Crippen LogP contribution in [0.1, 0.15) is 21.3 Å². The highest BCUT2D eigenvalue weighted by Crippen LogP contribution is 2.43. The number of benzene rings is 3. The van der Waals surface area contributed by atoms with E-state index in [0.29, 0.717) is 22.3 Å². The minimum absolute atomic E-state index is 0.287. The third kappa shape index (κ3) is 4.15. The Morgan fingerprint density at radius 2 is 1.67 bits per heavy atom. The van der Waals surface area contributed by atoms with Crippen LogP contribution in [0.15, 0.2) is 78.9 Å². The van der Waals surface area contributed by atoms with Crippen molar-refractivity contribution in [2.75, 3.05) is 5.75 Å². The summed E-state index contributed by atoms with van der Waals surface area (Å²) >= 11 is 7.62. The lowest BCUT2D eigenvalue weighted by Gasteiger charge is -2.28. The molecule has 1 heterocycles. The molecular formula is C23H18ClNO4S. The molecule has 4 rings (SSSR count). The van der Waals surface area contributed by atoms with Crippen LogP contribution in [0.25, 0.3) is 0 Å². The highest BCUT2D eigenvalue weighted by atomic mass is 35.5. The van der Waals surface area contributed by atoms with Crippen molar-refractivity contribution in [1.29, 1.82) is 0 Å². The maximum atomic E-state index is 13.3. The van der Waals surface area contributed by atoms with Crippen molar-refractivity contribution >= 4 is 35.2 Å². The highest BCUT2D eigenvalue weighted by molar-refractivity contribution is 7.99. The molecule has 7 heteroatoms. The summed E-state index contributed by atoms with van der Waals surface area (Å²) in [4.78, 5) is 26.5. The summed E-state index contributed by atoms with van der Waals surface area (Å²) in [6, 6.07) is 22.5. The van der Waals surface area contributed by atoms with E-state index in [4.69, 9.17) is 16.3 Å². The number of nitrogens with zero attached hydrogens (tertiary/aromatic N) is 1. The fourth-order valence-corrected chi connectivity index (χ4v) is 4.96. The lowest BCUT2D eigenvalue weighted by Crippen LogP contribution is -2.43. The number of carbonyl (C=O) groups excluding carboxylic acids is 1. The zero-order valence-electron chi connectivity index (χ0n) is 15.8. The van der Waals surface area contributed by atoms with Crippen LogP contribution in [0.2, 0.25) is 5.02 Å². The Hall–Kier alpha value is -2.96. The quantitative estimate of drug-likeness (QED) is 0.570. The number of hydrogen-bond acceptors (Lipinski definition) is 4. The van der Waals surface area contributed by atoms with Crippen molar-refractivity contribution in [3.63, 3.8) is 0 Å². The fourth-order valence-electron chi connectivity index (χ4n) is 3.33. The molecule has 0 aromatic heterocycles. The molecule has 3 aromatic carbocycles. The van der Waals surface area contributed by atoms with E-state index in [0.717, 1.165) is 5.56 Å². The van der Waals surface area contributed by atoms with Gasteiger partial charge in [0.25, 0.3) is 5.91 Å². The van der Waals surface area contributed by atoms with Crippen LogP contribution < -0.4 is 4.74 Å². The number of carboxylic acid groups (broad SMARTS) is 1. The zero-order chi connectivity index (χ0) is 21.1. The first-order valence-corrected chi connectivity index (χ1v) is 10.7. The van der Waals surface area contributed by atoms with Crippen LogP contribution in [-0.4, -0.2) is 33.7 Å². The number of thioether (sulfide) groups is 1. The second-order valence-corrected chi connectivity index (χ2v) is 8.24. The molecule has 0 aliphatic carbocycles. The van der Waals surface area contributed by atoms with Gasteiger partial charge in [-0.05, 0) is 42.0 Å². The minimum atomic E-state index is -1.04. The number of rotatable bonds is 5. The SMILES string of the molecule is O=C(O)C1CSC(c2cccc(Oc3ccccc3)c2)N1C(=O)c1ccccc1Cl. The number of hydrogen-bond donors (Lipinski definition) is 1. The van der Waals surface area contributed by atoms with E-state index in [1.807, 2.05) is 54.6 Å². The van der Waals surface area contributed by atoms with Crippen LogP contribution >= 0.6 is 23.4 Å². The second kappa shape index (κ2) is 8.81. The monoisotopic (exact) mass is 439 g/mol. The van der Waals surface area contributed by atoms with Gasteiger partial charge >= 0.3 is 5.97 Å². The summed E-state index contributed by atoms with van der Waals surface area (Å²) in [6.45, 7) is 0. The highest BCUT2D eigenvalue weighted by Gasteiger charge is 2.43. The molecule has 1 N–H and O–H groups in total. The second-order valence-electron chi connectivity index (χ2n) is 6.72. The molecule has 1 amide bonds. The molecule has 152 valence electrons. The molecule has 2 unspecified atom stereocenters. The Kier molecular flexibility index (Phi) is 5.97. The van der Waals surface area contributed by atoms with Gasteiger partial charge in [0.15, 0.2) is 0 Å². The van der Waals surface area contributed by atoms with E-state index in [1.54, 1.807) is 24.3 Å². The molecule has 5 nitrogen and oxygen atoms in total. The van der Waals surface area contributed by atoms with Gasteiger partial charge < -0.3 is 14.7 Å². The molecule has 0 spiro atoms. The van der Waals surface area contributed by atoms with Crippen molar-refractivity contribution in [3.8, 4) is 11.5 Å². The number of halogens is 1. The Balaban J connectivity index is 1.67. The Labute approximate surface area is 183 Å². The standard InChI is InChI=1S/C23H18ClNO4S/c24-19-12-5-4-11-18(19)21(26)25-20(23(27)28)14-30-22(25)15-7-6-10-17(13-15)29-16-8-2-1-3-9-16/h1-13,20,22H,14H2,(H,27,28). The van der Waals surface area contributed by atoms with Gasteiger partial charge in [-0.1, -0.05) is 54.1 Å². The maximum Gasteiger partial charge on any atom is 0.327 e. The molecule has 1 aliphatic rings. The predicted octanol–water partition coefficient (Wildman–Crippen LogP) is 5.47. The number of amides is 1. The van der Waals surface area contributed by atoms with E-state index >= 15 is 0 Å². The largest absolute Gasteiger partial charge is 0.480 e. The summed E-state index contributed by atoms with van der Waals surface area (Å²) in [7, 11) is 0. The number of carboxylic acids is 1. The van der Waals surface area contributed by atoms with Crippen LogP contribution in [0, 0.1) is 0 Å². The molecule has 1 saturated heterocycles. The molecule has 0 bridgehead atoms. The first-order chi connectivity index (χ1) is 14.5. The van der Waals surface area contributed by atoms with Gasteiger partial charge in [-0.3, -0.25) is 4.79 Å². The smallest absolute Gasteiger partial charge is 0.327 e. The van der Waals surface area contributed by atoms with E-state index in [-0.39, 0.29) is 5.56 Å². The number of para-hydroxylation sites is 1. The van der Waals surface area contributed by atoms with Gasteiger partial charge in [0.05, 0.1) is 10.6 Å². The van der Waals surface area contributed by atoms with Crippen molar-refractivity contribution in [2.45, 2.75) is 11.4 Å². The van der Waals surface area contributed by atoms with Crippen LogP contribution in [0.4, 0.5) is 0 Å². The molecule has 2 atom stereocenters. The van der Waals surface area contributed by atoms with Crippen molar-refractivity contribution in [2.24, 2.45) is 0 Å². The Morgan fingerprint density at radius 3 is 2.40 bits per heavy atom. The van der Waals surface area contributed by atoms with Crippen LogP contribution in [0.3, 0.4) is 0 Å². The normalized spacial score (nSPS) is 18.2. The predicted molar refractivity (Wildman–Crippen MR) is 117 cm³/mol. The maximum absolute atomic E-state index is 13.3. The van der Waals surface area contributed by atoms with E-state index < -0.39 is 23.3 Å². The van der Waals surface area contributed by atoms with Gasteiger partial charge in [-0.15, -0.1) is 11.8 Å². The third-order valence-corrected chi connectivity index (χ3v) is 6.40. The lowest BCUT2D eigenvalue weighted by molar-refractivity contribution is -0.141. The molecule has 0 radical (unpaired) electrons. The first-order valence-electron chi connectivity index (χ1n) is 9.29. The number of carbonyl (C=O) groups is 2. The lowest BCUT2D eigenvalue weighted by atomic mass is 10.1. The molecular weight excluding hydrogens is 422 g/mol. The molecule has 1 fully saturated rings. The summed E-state index contributed by atoms with van der Waals surface area (Å²) in [5.74, 6) is 0.156. The van der Waals surface area contributed by atoms with Crippen molar-refractivity contribution in [1.82, 2.24) is 4.90 Å². The molecule has 30 heavy (non-hydrogen) atoms. The number of ether oxygens (including phenoxy) is 1. The van der Waals surface area contributed by atoms with Gasteiger partial charge in [0.1, 0.15) is 22.9 Å².